The smallest absolute Gasteiger partial charge is 0.246 e. The number of amides is 3. The van der Waals surface area contributed by atoms with E-state index in [-0.39, 0.29) is 30.2 Å². The SMILES string of the molecule is N=C(N)NCCC[C@H](NC(=O)[C@H](Cc1ccccc1)NC(=O)[C@@H]1CCCN1)C(=O)Nc1ccc2ccccc2c1. The van der Waals surface area contributed by atoms with Crippen molar-refractivity contribution in [1.29, 1.82) is 5.41 Å². The third kappa shape index (κ3) is 8.28. The highest BCUT2D eigenvalue weighted by molar-refractivity contribution is 6.00. The minimum absolute atomic E-state index is 0.160. The average Bonchev–Trinajstić information content (AvgIpc) is 3.50. The zero-order valence-electron chi connectivity index (χ0n) is 22.4. The summed E-state index contributed by atoms with van der Waals surface area (Å²) < 4.78 is 0. The normalized spacial score (nSPS) is 16.1. The summed E-state index contributed by atoms with van der Waals surface area (Å²) in [6, 6.07) is 20.9. The number of nitrogens with two attached hydrogens (primary N) is 1. The molecule has 1 aliphatic rings. The van der Waals surface area contributed by atoms with Crippen LogP contribution in [0.3, 0.4) is 0 Å². The number of hydrogen-bond donors (Lipinski definition) is 7. The topological polar surface area (TPSA) is 161 Å². The predicted octanol–water partition coefficient (Wildman–Crippen LogP) is 2.01. The van der Waals surface area contributed by atoms with Crippen LogP contribution in [-0.2, 0) is 20.8 Å². The summed E-state index contributed by atoms with van der Waals surface area (Å²) in [4.78, 5) is 39.9. The van der Waals surface area contributed by atoms with Gasteiger partial charge in [-0.2, -0.15) is 0 Å². The Morgan fingerprint density at radius 2 is 1.68 bits per heavy atom. The summed E-state index contributed by atoms with van der Waals surface area (Å²) in [7, 11) is 0. The molecule has 0 aliphatic carbocycles. The van der Waals surface area contributed by atoms with Crippen molar-refractivity contribution in [2.75, 3.05) is 18.4 Å². The molecule has 10 nitrogen and oxygen atoms in total. The molecule has 1 fully saturated rings. The number of nitrogens with one attached hydrogen (secondary N) is 6. The fourth-order valence-corrected chi connectivity index (χ4v) is 4.81. The molecule has 0 aromatic heterocycles. The minimum Gasteiger partial charge on any atom is -0.370 e. The Morgan fingerprint density at radius 1 is 0.925 bits per heavy atom. The molecular formula is C30H37N7O3. The number of benzene rings is 3. The summed E-state index contributed by atoms with van der Waals surface area (Å²) in [5, 5.41) is 24.0. The van der Waals surface area contributed by atoms with Crippen LogP contribution in [0.2, 0.25) is 0 Å². The first kappa shape index (κ1) is 28.6. The Morgan fingerprint density at radius 3 is 2.40 bits per heavy atom. The lowest BCUT2D eigenvalue weighted by Gasteiger charge is -2.24. The maximum atomic E-state index is 13.6. The van der Waals surface area contributed by atoms with Crippen LogP contribution < -0.4 is 32.3 Å². The predicted molar refractivity (Wildman–Crippen MR) is 157 cm³/mol. The Hall–Kier alpha value is -4.44. The number of rotatable bonds is 12. The highest BCUT2D eigenvalue weighted by Crippen LogP contribution is 2.19. The van der Waals surface area contributed by atoms with Gasteiger partial charge in [-0.05, 0) is 60.7 Å². The van der Waals surface area contributed by atoms with E-state index in [1.807, 2.05) is 72.8 Å². The molecule has 10 heteroatoms. The van der Waals surface area contributed by atoms with Gasteiger partial charge in [0.2, 0.25) is 17.7 Å². The molecule has 40 heavy (non-hydrogen) atoms. The first-order valence-corrected chi connectivity index (χ1v) is 13.6. The van der Waals surface area contributed by atoms with Gasteiger partial charge in [-0.15, -0.1) is 0 Å². The Labute approximate surface area is 234 Å². The van der Waals surface area contributed by atoms with Crippen molar-refractivity contribution >= 4 is 40.1 Å². The number of carbonyl (C=O) groups is 3. The number of guanidine groups is 1. The zero-order valence-corrected chi connectivity index (χ0v) is 22.4. The van der Waals surface area contributed by atoms with Gasteiger partial charge < -0.3 is 32.3 Å². The Bertz CT molecular complexity index is 1330. The highest BCUT2D eigenvalue weighted by atomic mass is 16.2. The third-order valence-corrected chi connectivity index (χ3v) is 6.93. The van der Waals surface area contributed by atoms with E-state index in [9.17, 15) is 14.4 Å². The lowest BCUT2D eigenvalue weighted by atomic mass is 10.0. The standard InChI is InChI=1S/C30H37N7O3/c31-30(32)34-17-7-13-25(28(39)35-23-15-14-21-10-4-5-11-22(21)19-23)36-29(40)26(18-20-8-2-1-3-9-20)37-27(38)24-12-6-16-33-24/h1-5,8-11,14-15,19,24-26,33H,6-7,12-13,16-18H2,(H,35,39)(H,36,40)(H,37,38)(H4,31,32,34)/t24-,25-,26-/m0/s1. The maximum absolute atomic E-state index is 13.6. The summed E-state index contributed by atoms with van der Waals surface area (Å²) in [5.41, 5.74) is 6.90. The summed E-state index contributed by atoms with van der Waals surface area (Å²) in [6.07, 6.45) is 2.69. The average molecular weight is 544 g/mol. The molecule has 0 radical (unpaired) electrons. The van der Waals surface area contributed by atoms with E-state index in [4.69, 9.17) is 11.1 Å². The third-order valence-electron chi connectivity index (χ3n) is 6.93. The van der Waals surface area contributed by atoms with Crippen LogP contribution in [0.15, 0.2) is 72.8 Å². The molecule has 0 spiro atoms. The molecular weight excluding hydrogens is 506 g/mol. The van der Waals surface area contributed by atoms with E-state index in [0.717, 1.165) is 29.3 Å². The van der Waals surface area contributed by atoms with Gasteiger partial charge in [-0.3, -0.25) is 19.8 Å². The maximum Gasteiger partial charge on any atom is 0.246 e. The van der Waals surface area contributed by atoms with Crippen LogP contribution in [0.5, 0.6) is 0 Å². The van der Waals surface area contributed by atoms with Gasteiger partial charge in [-0.25, -0.2) is 0 Å². The largest absolute Gasteiger partial charge is 0.370 e. The quantitative estimate of drug-likeness (QED) is 0.105. The summed E-state index contributed by atoms with van der Waals surface area (Å²) >= 11 is 0. The molecule has 0 bridgehead atoms. The molecule has 3 aromatic rings. The van der Waals surface area contributed by atoms with Crippen molar-refractivity contribution in [3.63, 3.8) is 0 Å². The number of fused-ring (bicyclic) bond motifs is 1. The van der Waals surface area contributed by atoms with Crippen molar-refractivity contribution in [1.82, 2.24) is 21.3 Å². The molecule has 3 atom stereocenters. The van der Waals surface area contributed by atoms with E-state index in [1.165, 1.54) is 0 Å². The zero-order chi connectivity index (χ0) is 28.3. The molecule has 8 N–H and O–H groups in total. The minimum atomic E-state index is -0.868. The fourth-order valence-electron chi connectivity index (χ4n) is 4.81. The van der Waals surface area contributed by atoms with Crippen molar-refractivity contribution < 1.29 is 14.4 Å². The first-order chi connectivity index (χ1) is 19.4. The van der Waals surface area contributed by atoms with Crippen LogP contribution in [0.25, 0.3) is 10.8 Å². The van der Waals surface area contributed by atoms with Gasteiger partial charge in [0.05, 0.1) is 6.04 Å². The van der Waals surface area contributed by atoms with Crippen LogP contribution in [0.4, 0.5) is 5.69 Å². The summed E-state index contributed by atoms with van der Waals surface area (Å²) in [5.74, 6) is -1.19. The van der Waals surface area contributed by atoms with Crippen molar-refractivity contribution in [3.8, 4) is 0 Å². The monoisotopic (exact) mass is 543 g/mol. The van der Waals surface area contributed by atoms with Gasteiger partial charge in [-0.1, -0.05) is 60.7 Å². The molecule has 4 rings (SSSR count). The Kier molecular flexibility index (Phi) is 10.1. The van der Waals surface area contributed by atoms with E-state index in [0.29, 0.717) is 31.5 Å². The highest BCUT2D eigenvalue weighted by Gasteiger charge is 2.30. The Balaban J connectivity index is 1.49. The van der Waals surface area contributed by atoms with Gasteiger partial charge in [0.25, 0.3) is 0 Å². The molecule has 3 amide bonds. The first-order valence-electron chi connectivity index (χ1n) is 13.6. The van der Waals surface area contributed by atoms with Crippen molar-refractivity contribution in [2.24, 2.45) is 5.73 Å². The van der Waals surface area contributed by atoms with Crippen LogP contribution in [0.1, 0.15) is 31.2 Å². The molecule has 1 aliphatic heterocycles. The molecule has 1 heterocycles. The van der Waals surface area contributed by atoms with Gasteiger partial charge in [0, 0.05) is 18.7 Å². The second-order valence-corrected chi connectivity index (χ2v) is 9.99. The number of hydrogen-bond acceptors (Lipinski definition) is 5. The lowest BCUT2D eigenvalue weighted by Crippen LogP contribution is -2.55. The van der Waals surface area contributed by atoms with Gasteiger partial charge in [0.15, 0.2) is 5.96 Å². The van der Waals surface area contributed by atoms with Gasteiger partial charge in [0.1, 0.15) is 12.1 Å². The van der Waals surface area contributed by atoms with Crippen LogP contribution in [-0.4, -0.2) is 54.9 Å². The van der Waals surface area contributed by atoms with E-state index < -0.39 is 18.0 Å². The second-order valence-electron chi connectivity index (χ2n) is 9.99. The summed E-state index contributed by atoms with van der Waals surface area (Å²) in [6.45, 7) is 1.14. The molecule has 0 saturated carbocycles. The van der Waals surface area contributed by atoms with Crippen molar-refractivity contribution in [3.05, 3.63) is 78.4 Å². The number of carbonyl (C=O) groups excluding carboxylic acids is 3. The number of anilines is 1. The fraction of sp³-hybridized carbons (Fsp3) is 0.333. The van der Waals surface area contributed by atoms with E-state index in [2.05, 4.69) is 26.6 Å². The van der Waals surface area contributed by atoms with E-state index in [1.54, 1.807) is 0 Å². The molecule has 210 valence electrons. The van der Waals surface area contributed by atoms with E-state index >= 15 is 0 Å². The van der Waals surface area contributed by atoms with Gasteiger partial charge >= 0.3 is 0 Å². The molecule has 3 aromatic carbocycles. The van der Waals surface area contributed by atoms with Crippen LogP contribution in [0, 0.1) is 5.41 Å². The molecule has 1 saturated heterocycles. The lowest BCUT2D eigenvalue weighted by molar-refractivity contribution is -0.131. The van der Waals surface area contributed by atoms with Crippen LogP contribution >= 0.6 is 0 Å². The second kappa shape index (κ2) is 14.1. The van der Waals surface area contributed by atoms with Crippen molar-refractivity contribution in [2.45, 2.75) is 50.2 Å². The molecule has 0 unspecified atom stereocenters.